The van der Waals surface area contributed by atoms with Crippen molar-refractivity contribution in [2.24, 2.45) is 0 Å². The number of H-pyrrole nitrogens is 1. The van der Waals surface area contributed by atoms with Crippen LogP contribution in [0, 0.1) is 6.92 Å². The molecule has 1 spiro atoms. The van der Waals surface area contributed by atoms with Crippen molar-refractivity contribution in [3.05, 3.63) is 32.6 Å². The van der Waals surface area contributed by atoms with E-state index in [4.69, 9.17) is 13.9 Å². The molecular weight excluding hydrogens is 328 g/mol. The fourth-order valence-electron chi connectivity index (χ4n) is 2.68. The molecule has 1 N–H and O–H groups in total. The van der Waals surface area contributed by atoms with Crippen molar-refractivity contribution in [3.63, 3.8) is 0 Å². The summed E-state index contributed by atoms with van der Waals surface area (Å²) < 4.78 is 19.5. The molecular formula is C16H26N2O5Si. The van der Waals surface area contributed by atoms with E-state index in [1.165, 1.54) is 10.8 Å². The molecule has 2 aliphatic heterocycles. The molecule has 3 rings (SSSR count). The molecule has 0 radical (unpaired) electrons. The number of nitrogens with one attached hydrogen (secondary N) is 1. The predicted octanol–water partition coefficient (Wildman–Crippen LogP) is 1.88. The molecule has 3 heterocycles. The molecule has 0 aliphatic carbocycles. The van der Waals surface area contributed by atoms with Crippen molar-refractivity contribution in [2.45, 2.75) is 70.4 Å². The van der Waals surface area contributed by atoms with E-state index in [9.17, 15) is 9.59 Å². The van der Waals surface area contributed by atoms with Gasteiger partial charge in [0.15, 0.2) is 8.32 Å². The van der Waals surface area contributed by atoms with Crippen LogP contribution in [-0.2, 0) is 13.9 Å². The maximum Gasteiger partial charge on any atom is 0.330 e. The van der Waals surface area contributed by atoms with Crippen LogP contribution in [-0.4, -0.2) is 36.4 Å². The first-order valence-corrected chi connectivity index (χ1v) is 11.2. The Hall–Kier alpha value is -1.22. The highest BCUT2D eigenvalue weighted by atomic mass is 28.4. The van der Waals surface area contributed by atoms with E-state index in [2.05, 4.69) is 38.8 Å². The van der Waals surface area contributed by atoms with Crippen molar-refractivity contribution < 1.29 is 13.9 Å². The third-order valence-electron chi connectivity index (χ3n) is 5.37. The van der Waals surface area contributed by atoms with Crippen LogP contribution in [0.1, 0.15) is 39.0 Å². The number of ether oxygens (including phenoxy) is 2. The van der Waals surface area contributed by atoms with Crippen molar-refractivity contribution >= 4 is 8.32 Å². The number of hydrogen-bond acceptors (Lipinski definition) is 5. The van der Waals surface area contributed by atoms with Gasteiger partial charge < -0.3 is 13.9 Å². The Bertz CT molecular complexity index is 757. The summed E-state index contributed by atoms with van der Waals surface area (Å²) in [6.07, 6.45) is 1.36. The molecule has 7 nitrogen and oxygen atoms in total. The first-order valence-electron chi connectivity index (χ1n) is 8.27. The molecule has 2 fully saturated rings. The van der Waals surface area contributed by atoms with Crippen LogP contribution in [0.25, 0.3) is 0 Å². The van der Waals surface area contributed by atoms with Gasteiger partial charge in [0, 0.05) is 18.2 Å². The van der Waals surface area contributed by atoms with E-state index in [0.717, 1.165) is 0 Å². The molecule has 1 aromatic rings. The smallest absolute Gasteiger partial charge is 0.330 e. The second-order valence-corrected chi connectivity index (χ2v) is 13.0. The Balaban J connectivity index is 1.86. The monoisotopic (exact) mass is 354 g/mol. The Kier molecular flexibility index (Phi) is 3.95. The zero-order valence-electron chi connectivity index (χ0n) is 15.1. The van der Waals surface area contributed by atoms with Gasteiger partial charge in [-0.2, -0.15) is 0 Å². The van der Waals surface area contributed by atoms with Gasteiger partial charge in [-0.05, 0) is 25.1 Å². The molecule has 0 amide bonds. The summed E-state index contributed by atoms with van der Waals surface area (Å²) in [6, 6.07) is 0. The Labute approximate surface area is 142 Å². The van der Waals surface area contributed by atoms with Crippen LogP contribution in [0.2, 0.25) is 18.1 Å². The average molecular weight is 354 g/mol. The van der Waals surface area contributed by atoms with E-state index >= 15 is 0 Å². The van der Waals surface area contributed by atoms with Crippen LogP contribution in [0.4, 0.5) is 0 Å². The lowest BCUT2D eigenvalue weighted by molar-refractivity contribution is -0.0954. The highest BCUT2D eigenvalue weighted by molar-refractivity contribution is 6.74. The summed E-state index contributed by atoms with van der Waals surface area (Å²) in [7, 11) is -1.99. The summed E-state index contributed by atoms with van der Waals surface area (Å²) in [4.78, 5) is 26.0. The van der Waals surface area contributed by atoms with E-state index in [1.807, 2.05) is 0 Å². The largest absolute Gasteiger partial charge is 0.408 e. The van der Waals surface area contributed by atoms with Gasteiger partial charge in [-0.3, -0.25) is 14.3 Å². The second-order valence-electron chi connectivity index (χ2n) is 8.25. The van der Waals surface area contributed by atoms with E-state index < -0.39 is 26.0 Å². The number of rotatable bonds is 3. The Morgan fingerprint density at radius 1 is 1.38 bits per heavy atom. The highest BCUT2D eigenvalue weighted by Crippen LogP contribution is 2.50. The Morgan fingerprint density at radius 2 is 2.00 bits per heavy atom. The van der Waals surface area contributed by atoms with Crippen LogP contribution >= 0.6 is 0 Å². The quantitative estimate of drug-likeness (QED) is 0.662. The molecule has 1 aromatic heterocycles. The fraction of sp³-hybridized carbons (Fsp3) is 0.750. The molecule has 0 unspecified atom stereocenters. The van der Waals surface area contributed by atoms with Crippen LogP contribution in [0.15, 0.2) is 15.8 Å². The van der Waals surface area contributed by atoms with Gasteiger partial charge in [-0.1, -0.05) is 20.8 Å². The predicted molar refractivity (Wildman–Crippen MR) is 91.6 cm³/mol. The zero-order chi connectivity index (χ0) is 17.9. The number of epoxide rings is 1. The zero-order valence-corrected chi connectivity index (χ0v) is 16.1. The van der Waals surface area contributed by atoms with Gasteiger partial charge in [0.05, 0.1) is 0 Å². The minimum atomic E-state index is -1.99. The number of aromatic amines is 1. The van der Waals surface area contributed by atoms with Gasteiger partial charge in [-0.25, -0.2) is 4.79 Å². The average Bonchev–Trinajstić information content (AvgIpc) is 3.12. The van der Waals surface area contributed by atoms with Crippen molar-refractivity contribution in [1.29, 1.82) is 0 Å². The fourth-order valence-corrected chi connectivity index (χ4v) is 4.02. The van der Waals surface area contributed by atoms with Crippen molar-refractivity contribution in [1.82, 2.24) is 9.55 Å². The molecule has 24 heavy (non-hydrogen) atoms. The molecule has 134 valence electrons. The molecule has 8 heteroatoms. The second kappa shape index (κ2) is 5.39. The van der Waals surface area contributed by atoms with Gasteiger partial charge in [-0.15, -0.1) is 0 Å². The van der Waals surface area contributed by atoms with Crippen LogP contribution in [0.5, 0.6) is 0 Å². The molecule has 0 bridgehead atoms. The molecule has 0 saturated carbocycles. The van der Waals surface area contributed by atoms with E-state index in [0.29, 0.717) is 18.6 Å². The highest BCUT2D eigenvalue weighted by Gasteiger charge is 2.62. The lowest BCUT2D eigenvalue weighted by atomic mass is 10.2. The normalized spacial score (nSPS) is 30.1. The first kappa shape index (κ1) is 17.6. The summed E-state index contributed by atoms with van der Waals surface area (Å²) in [6.45, 7) is 13.1. The SMILES string of the molecule is Cc1cn([C@H]2C[C@H](O[Si](C)(C)C(C)(C)C)[C@]3(CO3)O2)c(=O)[nH]c1=O. The Morgan fingerprint density at radius 3 is 2.54 bits per heavy atom. The number of hydrogen-bond donors (Lipinski definition) is 1. The molecule has 3 atom stereocenters. The summed E-state index contributed by atoms with van der Waals surface area (Å²) >= 11 is 0. The summed E-state index contributed by atoms with van der Waals surface area (Å²) in [5.74, 6) is -0.746. The maximum atomic E-state index is 12.1. The van der Waals surface area contributed by atoms with Gasteiger partial charge in [0.2, 0.25) is 5.79 Å². The van der Waals surface area contributed by atoms with Gasteiger partial charge in [0.1, 0.15) is 18.9 Å². The number of nitrogens with zero attached hydrogens (tertiary/aromatic N) is 1. The molecule has 0 aromatic carbocycles. The van der Waals surface area contributed by atoms with Crippen LogP contribution in [0.3, 0.4) is 0 Å². The van der Waals surface area contributed by atoms with E-state index in [-0.39, 0.29) is 16.7 Å². The maximum absolute atomic E-state index is 12.1. The minimum Gasteiger partial charge on any atom is -0.408 e. The molecule has 2 aliphatic rings. The lowest BCUT2D eigenvalue weighted by Gasteiger charge is -2.38. The van der Waals surface area contributed by atoms with Crippen LogP contribution < -0.4 is 11.2 Å². The first-order chi connectivity index (χ1) is 11.0. The van der Waals surface area contributed by atoms with E-state index in [1.54, 1.807) is 6.92 Å². The third-order valence-corrected chi connectivity index (χ3v) is 9.86. The summed E-state index contributed by atoms with van der Waals surface area (Å²) in [5.41, 5.74) is -0.377. The third kappa shape index (κ3) is 2.92. The summed E-state index contributed by atoms with van der Waals surface area (Å²) in [5, 5.41) is 0.0760. The standard InChI is InChI=1S/C16H26N2O5Si/c1-10-8-18(14(20)17-13(10)19)12-7-11(16(22-12)9-21-16)23-24(5,6)15(2,3)4/h8,11-12H,7,9H2,1-6H3,(H,17,19,20)/t11-,12+,16-/m0/s1. The van der Waals surface area contributed by atoms with Crippen molar-refractivity contribution in [3.8, 4) is 0 Å². The minimum absolute atomic E-state index is 0.0760. The topological polar surface area (TPSA) is 85.8 Å². The molecule has 2 saturated heterocycles. The number of aryl methyl sites for hydroxylation is 1. The van der Waals surface area contributed by atoms with Gasteiger partial charge in [0.25, 0.3) is 5.56 Å². The lowest BCUT2D eigenvalue weighted by Crippen LogP contribution is -2.46. The number of aromatic nitrogens is 2. The van der Waals surface area contributed by atoms with Gasteiger partial charge >= 0.3 is 5.69 Å². The van der Waals surface area contributed by atoms with Crippen molar-refractivity contribution in [2.75, 3.05) is 6.61 Å².